The molecule has 46 heavy (non-hydrogen) atoms. The Morgan fingerprint density at radius 1 is 0.457 bits per heavy atom. The lowest BCUT2D eigenvalue weighted by Crippen LogP contribution is -2.60. The molecular weight excluding hydrogens is 575 g/mol. The van der Waals surface area contributed by atoms with Crippen LogP contribution in [0.5, 0.6) is 0 Å². The van der Waals surface area contributed by atoms with Gasteiger partial charge in [0.2, 0.25) is 0 Å². The van der Waals surface area contributed by atoms with E-state index in [0.717, 1.165) is 0 Å². The van der Waals surface area contributed by atoms with E-state index in [4.69, 9.17) is 0 Å². The molecule has 0 spiro atoms. The zero-order chi connectivity index (χ0) is 29.9. The molecule has 0 radical (unpaired) electrons. The topological polar surface area (TPSA) is 8.17 Å². The Hall–Kier alpha value is -5.58. The molecule has 7 aromatic carbocycles. The Labute approximate surface area is 270 Å². The van der Waals surface area contributed by atoms with Crippen LogP contribution in [0.1, 0.15) is 0 Å². The summed E-state index contributed by atoms with van der Waals surface area (Å²) < 4.78 is 5.22. The van der Waals surface area contributed by atoms with Crippen molar-refractivity contribution in [1.29, 1.82) is 0 Å². The maximum atomic E-state index is 2.61. The van der Waals surface area contributed by atoms with Crippen LogP contribution in [0.15, 0.2) is 152 Å². The maximum Gasteiger partial charge on any atom is 0.331 e. The van der Waals surface area contributed by atoms with Crippen LogP contribution < -0.4 is 15.7 Å². The monoisotopic (exact) mass is 600 g/mol. The minimum atomic E-state index is 0.0217. The van der Waals surface area contributed by atoms with Crippen LogP contribution >= 0.6 is 11.3 Å². The van der Waals surface area contributed by atoms with Gasteiger partial charge in [-0.05, 0) is 64.5 Å². The first-order chi connectivity index (χ1) is 22.8. The molecule has 212 valence electrons. The van der Waals surface area contributed by atoms with Crippen LogP contribution in [0.25, 0.3) is 69.9 Å². The van der Waals surface area contributed by atoms with Gasteiger partial charge in [-0.25, -0.2) is 0 Å². The molecule has 0 aliphatic carbocycles. The smallest absolute Gasteiger partial charge is 0.331 e. The fourth-order valence-electron chi connectivity index (χ4n) is 8.34. The van der Waals surface area contributed by atoms with E-state index in [1.165, 1.54) is 92.2 Å². The fraction of sp³-hybridized carbons (Fsp3) is 0. The lowest BCUT2D eigenvalue weighted by atomic mass is 9.43. The second kappa shape index (κ2) is 9.00. The van der Waals surface area contributed by atoms with Crippen molar-refractivity contribution in [3.8, 4) is 27.9 Å². The van der Waals surface area contributed by atoms with Crippen LogP contribution in [-0.4, -0.2) is 11.4 Å². The summed E-state index contributed by atoms with van der Waals surface area (Å²) in [5.41, 5.74) is 14.2. The van der Waals surface area contributed by atoms with Crippen molar-refractivity contribution in [3.63, 3.8) is 0 Å². The van der Waals surface area contributed by atoms with Gasteiger partial charge in [-0.3, -0.25) is 0 Å². The summed E-state index contributed by atoms with van der Waals surface area (Å²) in [6.45, 7) is 0.0217. The van der Waals surface area contributed by atoms with E-state index < -0.39 is 0 Å². The van der Waals surface area contributed by atoms with Crippen LogP contribution in [0, 0.1) is 0 Å². The van der Waals surface area contributed by atoms with E-state index in [2.05, 4.69) is 161 Å². The average Bonchev–Trinajstić information content (AvgIpc) is 3.65. The fourth-order valence-corrected chi connectivity index (χ4v) is 9.47. The van der Waals surface area contributed by atoms with Gasteiger partial charge in [-0.1, -0.05) is 109 Å². The lowest BCUT2D eigenvalue weighted by Gasteiger charge is -2.43. The second-order valence-electron chi connectivity index (χ2n) is 12.5. The minimum absolute atomic E-state index is 0.0217. The number of hydrogen-bond donors (Lipinski definition) is 0. The van der Waals surface area contributed by atoms with Crippen molar-refractivity contribution in [2.24, 2.45) is 0 Å². The van der Waals surface area contributed by atoms with Crippen LogP contribution in [-0.2, 0) is 0 Å². The second-order valence-corrected chi connectivity index (χ2v) is 13.5. The highest BCUT2D eigenvalue weighted by atomic mass is 32.1. The van der Waals surface area contributed by atoms with Crippen molar-refractivity contribution in [2.45, 2.75) is 0 Å². The molecule has 9 aromatic rings. The van der Waals surface area contributed by atoms with Gasteiger partial charge < -0.3 is 9.38 Å². The van der Waals surface area contributed by atoms with Crippen LogP contribution in [0.3, 0.4) is 0 Å². The largest absolute Gasteiger partial charge is 0.376 e. The minimum Gasteiger partial charge on any atom is -0.376 e. The summed E-state index contributed by atoms with van der Waals surface area (Å²) in [5.74, 6) is 0. The van der Waals surface area contributed by atoms with E-state index in [9.17, 15) is 0 Å². The van der Waals surface area contributed by atoms with E-state index in [1.54, 1.807) is 0 Å². The van der Waals surface area contributed by atoms with E-state index in [0.29, 0.717) is 0 Å². The molecule has 0 fully saturated rings. The molecule has 11 rings (SSSR count). The summed E-state index contributed by atoms with van der Waals surface area (Å²) in [7, 11) is 0. The molecule has 0 N–H and O–H groups in total. The Morgan fingerprint density at radius 3 is 1.96 bits per heavy atom. The number of benzene rings is 7. The van der Waals surface area contributed by atoms with Gasteiger partial charge in [-0.15, -0.1) is 11.3 Å². The van der Waals surface area contributed by atoms with Gasteiger partial charge in [-0.2, -0.15) is 0 Å². The molecule has 4 heteroatoms. The molecule has 2 aliphatic heterocycles. The Balaban J connectivity index is 1.35. The van der Waals surface area contributed by atoms with Crippen molar-refractivity contribution >= 4 is 82.5 Å². The third-order valence-electron chi connectivity index (χ3n) is 10.2. The Kier molecular flexibility index (Phi) is 4.83. The number of thiophene rings is 1. The van der Waals surface area contributed by atoms with Crippen LogP contribution in [0.4, 0.5) is 11.4 Å². The van der Waals surface area contributed by atoms with Crippen molar-refractivity contribution in [3.05, 3.63) is 152 Å². The first-order valence-corrected chi connectivity index (χ1v) is 16.7. The highest BCUT2D eigenvalue weighted by Gasteiger charge is 2.43. The molecule has 0 unspecified atom stereocenters. The highest BCUT2D eigenvalue weighted by molar-refractivity contribution is 7.25. The number of hydrogen-bond acceptors (Lipinski definition) is 2. The predicted octanol–water partition coefficient (Wildman–Crippen LogP) is 10.1. The Morgan fingerprint density at radius 2 is 1.13 bits per heavy atom. The summed E-state index contributed by atoms with van der Waals surface area (Å²) in [6, 6.07) is 56.4. The molecule has 0 saturated heterocycles. The SMILES string of the molecule is c1ccc(-n2c3cc4c(cc3c3ccc5c(c32)B2c3ccccc3-c3ccccc3N2c2ccccc2-5)sc2ccccc24)cc1. The van der Waals surface area contributed by atoms with Gasteiger partial charge in [0.25, 0.3) is 0 Å². The third kappa shape index (κ3) is 3.12. The zero-order valence-corrected chi connectivity index (χ0v) is 25.6. The lowest BCUT2D eigenvalue weighted by molar-refractivity contribution is 1.18. The zero-order valence-electron chi connectivity index (χ0n) is 24.8. The molecule has 2 aromatic heterocycles. The maximum absolute atomic E-state index is 2.61. The van der Waals surface area contributed by atoms with Gasteiger partial charge >= 0.3 is 6.85 Å². The molecule has 0 amide bonds. The summed E-state index contributed by atoms with van der Waals surface area (Å²) in [5, 5.41) is 5.25. The van der Waals surface area contributed by atoms with Gasteiger partial charge in [0, 0.05) is 59.1 Å². The normalized spacial score (nSPS) is 13.1. The predicted molar refractivity (Wildman–Crippen MR) is 198 cm³/mol. The number of para-hydroxylation sites is 3. The molecule has 4 heterocycles. The van der Waals surface area contributed by atoms with E-state index in [-0.39, 0.29) is 6.85 Å². The molecule has 0 bridgehead atoms. The summed E-state index contributed by atoms with van der Waals surface area (Å²) >= 11 is 1.89. The van der Waals surface area contributed by atoms with E-state index in [1.807, 2.05) is 11.3 Å². The number of rotatable bonds is 1. The molecule has 2 nitrogen and oxygen atoms in total. The molecule has 2 aliphatic rings. The molecule has 0 saturated carbocycles. The van der Waals surface area contributed by atoms with Crippen molar-refractivity contribution < 1.29 is 0 Å². The summed E-state index contributed by atoms with van der Waals surface area (Å²) in [4.78, 5) is 2.61. The standard InChI is InChI=1S/C42H25BN2S/c1-2-12-26(13-3-1)44-38-24-34-30-17-7-11-21-39(30)46-40(34)25-33(38)32-23-22-31-29-16-6-10-20-37(29)45-36-19-9-5-15-28(36)27-14-4-8-18-35(27)43(45)41(31)42(32)44/h1-25H. The van der Waals surface area contributed by atoms with Gasteiger partial charge in [0.15, 0.2) is 0 Å². The first-order valence-electron chi connectivity index (χ1n) is 15.9. The van der Waals surface area contributed by atoms with E-state index >= 15 is 0 Å². The average molecular weight is 601 g/mol. The quantitative estimate of drug-likeness (QED) is 0.170. The third-order valence-corrected chi connectivity index (χ3v) is 11.3. The highest BCUT2D eigenvalue weighted by Crippen LogP contribution is 2.48. The number of nitrogens with zero attached hydrogens (tertiary/aromatic N) is 2. The molecular formula is C42H25BN2S. The van der Waals surface area contributed by atoms with Gasteiger partial charge in [0.1, 0.15) is 0 Å². The van der Waals surface area contributed by atoms with Crippen molar-refractivity contribution in [1.82, 2.24) is 4.57 Å². The molecule has 0 atom stereocenters. The van der Waals surface area contributed by atoms with Crippen LogP contribution in [0.2, 0.25) is 0 Å². The number of anilines is 2. The Bertz CT molecular complexity index is 2720. The number of fused-ring (bicyclic) bond motifs is 18. The van der Waals surface area contributed by atoms with Gasteiger partial charge in [0.05, 0.1) is 11.0 Å². The summed E-state index contributed by atoms with van der Waals surface area (Å²) in [6.07, 6.45) is 0. The first kappa shape index (κ1) is 24.7. The van der Waals surface area contributed by atoms with Crippen molar-refractivity contribution in [2.75, 3.05) is 4.81 Å². The number of aromatic nitrogens is 1.